The van der Waals surface area contributed by atoms with E-state index in [1.807, 2.05) is 0 Å². The first-order valence-corrected chi connectivity index (χ1v) is 3.33. The van der Waals surface area contributed by atoms with Crippen LogP contribution in [0, 0.1) is 0 Å². The maximum Gasteiger partial charge on any atom is 0.339 e. The standard InChI is InChI=1S/C6H8O6/c7-4(8)3-11-12-6(1-2-6)5(9)10/h1-3H2,(H,7,8)(H,9,10). The molecule has 1 fully saturated rings. The zero-order chi connectivity index (χ0) is 9.19. The highest BCUT2D eigenvalue weighted by atomic mass is 17.2. The Kier molecular flexibility index (Phi) is 2.30. The fourth-order valence-electron chi connectivity index (χ4n) is 0.639. The predicted octanol–water partition coefficient (Wildman–Crippen LogP) is -0.364. The highest BCUT2D eigenvalue weighted by Crippen LogP contribution is 2.39. The second-order valence-corrected chi connectivity index (χ2v) is 2.54. The van der Waals surface area contributed by atoms with E-state index in [2.05, 4.69) is 9.78 Å². The van der Waals surface area contributed by atoms with Crippen LogP contribution >= 0.6 is 0 Å². The van der Waals surface area contributed by atoms with Gasteiger partial charge in [-0.1, -0.05) is 0 Å². The lowest BCUT2D eigenvalue weighted by molar-refractivity contribution is -0.326. The van der Waals surface area contributed by atoms with Crippen molar-refractivity contribution in [2.24, 2.45) is 0 Å². The van der Waals surface area contributed by atoms with Crippen molar-refractivity contribution in [1.29, 1.82) is 0 Å². The lowest BCUT2D eigenvalue weighted by Gasteiger charge is -2.07. The molecule has 68 valence electrons. The molecule has 0 bridgehead atoms. The summed E-state index contributed by atoms with van der Waals surface area (Å²) in [5, 5.41) is 16.6. The zero-order valence-corrected chi connectivity index (χ0v) is 6.15. The van der Waals surface area contributed by atoms with Crippen molar-refractivity contribution < 1.29 is 29.6 Å². The molecule has 0 saturated heterocycles. The lowest BCUT2D eigenvalue weighted by Crippen LogP contribution is -2.27. The molecule has 6 nitrogen and oxygen atoms in total. The SMILES string of the molecule is O=C(O)COOC1(C(=O)O)CC1. The topological polar surface area (TPSA) is 93.1 Å². The normalized spacial score (nSPS) is 18.7. The first kappa shape index (κ1) is 8.95. The minimum atomic E-state index is -1.28. The zero-order valence-electron chi connectivity index (χ0n) is 6.15. The molecular formula is C6H8O6. The molecule has 2 N–H and O–H groups in total. The van der Waals surface area contributed by atoms with Gasteiger partial charge in [-0.15, -0.1) is 0 Å². The van der Waals surface area contributed by atoms with Gasteiger partial charge in [0.2, 0.25) is 0 Å². The number of rotatable bonds is 5. The molecule has 0 spiro atoms. The van der Waals surface area contributed by atoms with Crippen molar-refractivity contribution in [3.63, 3.8) is 0 Å². The van der Waals surface area contributed by atoms with Gasteiger partial charge in [0.05, 0.1) is 0 Å². The number of aliphatic carboxylic acids is 2. The van der Waals surface area contributed by atoms with E-state index in [1.165, 1.54) is 0 Å². The Morgan fingerprint density at radius 1 is 1.33 bits per heavy atom. The molecule has 0 aromatic heterocycles. The maximum absolute atomic E-state index is 10.4. The van der Waals surface area contributed by atoms with Gasteiger partial charge < -0.3 is 10.2 Å². The third kappa shape index (κ3) is 1.93. The molecule has 0 aliphatic heterocycles. The first-order chi connectivity index (χ1) is 5.57. The maximum atomic E-state index is 10.4. The first-order valence-electron chi connectivity index (χ1n) is 3.33. The summed E-state index contributed by atoms with van der Waals surface area (Å²) < 4.78 is 0. The Balaban J connectivity index is 2.23. The fourth-order valence-corrected chi connectivity index (χ4v) is 0.639. The summed E-state index contributed by atoms with van der Waals surface area (Å²) in [6.45, 7) is -0.644. The molecular weight excluding hydrogens is 168 g/mol. The van der Waals surface area contributed by atoms with Crippen LogP contribution < -0.4 is 0 Å². The molecule has 0 atom stereocenters. The number of carboxylic acids is 2. The van der Waals surface area contributed by atoms with E-state index in [0.717, 1.165) is 0 Å². The Labute approximate surface area is 67.6 Å². The molecule has 1 saturated carbocycles. The van der Waals surface area contributed by atoms with Crippen molar-refractivity contribution in [3.05, 3.63) is 0 Å². The summed E-state index contributed by atoms with van der Waals surface area (Å²) in [5.41, 5.74) is -1.28. The summed E-state index contributed by atoms with van der Waals surface area (Å²) in [6, 6.07) is 0. The van der Waals surface area contributed by atoms with E-state index < -0.39 is 24.1 Å². The van der Waals surface area contributed by atoms with Crippen LogP contribution in [-0.4, -0.2) is 34.4 Å². The molecule has 0 unspecified atom stereocenters. The van der Waals surface area contributed by atoms with Crippen LogP contribution in [0.3, 0.4) is 0 Å². The Morgan fingerprint density at radius 2 is 1.92 bits per heavy atom. The van der Waals surface area contributed by atoms with Gasteiger partial charge in [-0.2, -0.15) is 0 Å². The minimum absolute atomic E-state index is 0.363. The molecule has 0 amide bonds. The van der Waals surface area contributed by atoms with Crippen molar-refractivity contribution in [3.8, 4) is 0 Å². The van der Waals surface area contributed by atoms with Gasteiger partial charge in [0.15, 0.2) is 12.2 Å². The van der Waals surface area contributed by atoms with Gasteiger partial charge in [0.1, 0.15) is 0 Å². The third-order valence-corrected chi connectivity index (χ3v) is 1.49. The molecule has 1 aliphatic carbocycles. The molecule has 12 heavy (non-hydrogen) atoms. The Hall–Kier alpha value is -1.14. The molecule has 1 aliphatic rings. The van der Waals surface area contributed by atoms with Crippen molar-refractivity contribution in [2.45, 2.75) is 18.4 Å². The number of hydrogen-bond acceptors (Lipinski definition) is 4. The summed E-state index contributed by atoms with van der Waals surface area (Å²) in [4.78, 5) is 29.0. The van der Waals surface area contributed by atoms with Gasteiger partial charge in [-0.05, 0) is 12.8 Å². The molecule has 0 aromatic rings. The molecule has 6 heteroatoms. The van der Waals surface area contributed by atoms with Gasteiger partial charge >= 0.3 is 11.9 Å². The largest absolute Gasteiger partial charge is 0.479 e. The van der Waals surface area contributed by atoms with E-state index in [-0.39, 0.29) is 0 Å². The quantitative estimate of drug-likeness (QED) is 0.438. The highest BCUT2D eigenvalue weighted by molar-refractivity contribution is 5.80. The number of hydrogen-bond donors (Lipinski definition) is 2. The van der Waals surface area contributed by atoms with Gasteiger partial charge in [0, 0.05) is 0 Å². The van der Waals surface area contributed by atoms with Gasteiger partial charge in [-0.25, -0.2) is 19.4 Å². The molecule has 0 heterocycles. The van der Waals surface area contributed by atoms with E-state index in [1.54, 1.807) is 0 Å². The van der Waals surface area contributed by atoms with Crippen LogP contribution in [-0.2, 0) is 19.4 Å². The lowest BCUT2D eigenvalue weighted by atomic mass is 10.4. The van der Waals surface area contributed by atoms with Crippen molar-refractivity contribution in [2.75, 3.05) is 6.61 Å². The van der Waals surface area contributed by atoms with Gasteiger partial charge in [0.25, 0.3) is 0 Å². The molecule has 0 aromatic carbocycles. The minimum Gasteiger partial charge on any atom is -0.479 e. The second kappa shape index (κ2) is 3.08. The monoisotopic (exact) mass is 176 g/mol. The van der Waals surface area contributed by atoms with E-state index >= 15 is 0 Å². The van der Waals surface area contributed by atoms with Crippen molar-refractivity contribution >= 4 is 11.9 Å². The summed E-state index contributed by atoms with van der Waals surface area (Å²) >= 11 is 0. The van der Waals surface area contributed by atoms with Crippen LogP contribution in [0.1, 0.15) is 12.8 Å². The van der Waals surface area contributed by atoms with Crippen LogP contribution in [0.4, 0.5) is 0 Å². The fraction of sp³-hybridized carbons (Fsp3) is 0.667. The van der Waals surface area contributed by atoms with Crippen LogP contribution in [0.2, 0.25) is 0 Å². The van der Waals surface area contributed by atoms with E-state index in [9.17, 15) is 9.59 Å². The van der Waals surface area contributed by atoms with Crippen LogP contribution in [0.5, 0.6) is 0 Å². The van der Waals surface area contributed by atoms with Crippen LogP contribution in [0.15, 0.2) is 0 Å². The summed E-state index contributed by atoms with van der Waals surface area (Å²) in [5.74, 6) is -2.32. The third-order valence-electron chi connectivity index (χ3n) is 1.49. The second-order valence-electron chi connectivity index (χ2n) is 2.54. The van der Waals surface area contributed by atoms with E-state index in [0.29, 0.717) is 12.8 Å². The van der Waals surface area contributed by atoms with Crippen LogP contribution in [0.25, 0.3) is 0 Å². The molecule has 1 rings (SSSR count). The van der Waals surface area contributed by atoms with E-state index in [4.69, 9.17) is 10.2 Å². The Bertz CT molecular complexity index is 206. The summed E-state index contributed by atoms with van der Waals surface area (Å²) in [7, 11) is 0. The summed E-state index contributed by atoms with van der Waals surface area (Å²) in [6.07, 6.45) is 0.726. The average molecular weight is 176 g/mol. The van der Waals surface area contributed by atoms with Gasteiger partial charge in [-0.3, -0.25) is 0 Å². The smallest absolute Gasteiger partial charge is 0.339 e. The average Bonchev–Trinajstić information content (AvgIpc) is 2.68. The Morgan fingerprint density at radius 3 is 2.25 bits per heavy atom. The number of carbonyl (C=O) groups is 2. The predicted molar refractivity (Wildman–Crippen MR) is 34.3 cm³/mol. The highest BCUT2D eigenvalue weighted by Gasteiger charge is 2.53. The molecule has 0 radical (unpaired) electrons. The number of carboxylic acid groups (broad SMARTS) is 2. The van der Waals surface area contributed by atoms with Crippen molar-refractivity contribution in [1.82, 2.24) is 0 Å².